The van der Waals surface area contributed by atoms with Crippen LogP contribution in [0.4, 0.5) is 11.4 Å². The van der Waals surface area contributed by atoms with E-state index in [1.807, 2.05) is 19.1 Å². The Balaban J connectivity index is 1.93. The van der Waals surface area contributed by atoms with Gasteiger partial charge in [0.05, 0.1) is 10.6 Å². The van der Waals surface area contributed by atoms with E-state index in [9.17, 15) is 13.2 Å². The Hall–Kier alpha value is -1.99. The van der Waals surface area contributed by atoms with Crippen LogP contribution in [0.2, 0.25) is 0 Å². The third-order valence-corrected chi connectivity index (χ3v) is 6.84. The van der Waals surface area contributed by atoms with Gasteiger partial charge >= 0.3 is 0 Å². The number of nitrogens with one attached hydrogen (secondary N) is 1. The average molecular weight is 391 g/mol. The molecule has 0 unspecified atom stereocenters. The van der Waals surface area contributed by atoms with Gasteiger partial charge in [0.2, 0.25) is 5.91 Å². The van der Waals surface area contributed by atoms with Crippen LogP contribution in [-0.4, -0.2) is 26.6 Å². The first-order valence-electron chi connectivity index (χ1n) is 8.57. The van der Waals surface area contributed by atoms with Gasteiger partial charge in [-0.15, -0.1) is 11.8 Å². The molecule has 3 rings (SSSR count). The maximum Gasteiger partial charge on any atom is 0.261 e. The van der Waals surface area contributed by atoms with E-state index >= 15 is 0 Å². The number of nitrogens with zero attached hydrogens (tertiary/aromatic N) is 1. The number of anilines is 2. The van der Waals surface area contributed by atoms with Crippen molar-refractivity contribution in [1.29, 1.82) is 0 Å². The SMILES string of the molecule is CCc1ccc(NS(=O)(=O)c2ccc3c(c2)N(C(C)=O)CCCS3)cc1. The molecule has 1 heterocycles. The highest BCUT2D eigenvalue weighted by Crippen LogP contribution is 2.36. The molecule has 0 radical (unpaired) electrons. The number of hydrogen-bond donors (Lipinski definition) is 1. The molecule has 0 fully saturated rings. The second-order valence-corrected chi connectivity index (χ2v) is 8.98. The monoisotopic (exact) mass is 390 g/mol. The second-order valence-electron chi connectivity index (χ2n) is 6.16. The summed E-state index contributed by atoms with van der Waals surface area (Å²) in [5, 5.41) is 0. The van der Waals surface area contributed by atoms with Crippen molar-refractivity contribution in [2.24, 2.45) is 0 Å². The van der Waals surface area contributed by atoms with Gasteiger partial charge in [-0.25, -0.2) is 8.42 Å². The lowest BCUT2D eigenvalue weighted by atomic mass is 10.2. The van der Waals surface area contributed by atoms with Crippen molar-refractivity contribution < 1.29 is 13.2 Å². The van der Waals surface area contributed by atoms with Gasteiger partial charge in [0.1, 0.15) is 0 Å². The third-order valence-electron chi connectivity index (χ3n) is 4.31. The molecule has 0 aliphatic carbocycles. The predicted octanol–water partition coefficient (Wildman–Crippen LogP) is 3.90. The van der Waals surface area contributed by atoms with Gasteiger partial charge < -0.3 is 4.90 Å². The predicted molar refractivity (Wildman–Crippen MR) is 106 cm³/mol. The first kappa shape index (κ1) is 18.8. The molecule has 0 aromatic heterocycles. The van der Waals surface area contributed by atoms with Crippen LogP contribution in [0.5, 0.6) is 0 Å². The van der Waals surface area contributed by atoms with Gasteiger partial charge in [0.25, 0.3) is 10.0 Å². The molecular formula is C19H22N2O3S2. The summed E-state index contributed by atoms with van der Waals surface area (Å²) < 4.78 is 28.2. The topological polar surface area (TPSA) is 66.5 Å². The van der Waals surface area contributed by atoms with Crippen LogP contribution in [0.1, 0.15) is 25.8 Å². The van der Waals surface area contributed by atoms with E-state index < -0.39 is 10.0 Å². The highest BCUT2D eigenvalue weighted by Gasteiger charge is 2.23. The summed E-state index contributed by atoms with van der Waals surface area (Å²) in [7, 11) is -3.72. The zero-order valence-electron chi connectivity index (χ0n) is 14.9. The second kappa shape index (κ2) is 7.72. The lowest BCUT2D eigenvalue weighted by molar-refractivity contribution is -0.116. The Bertz CT molecular complexity index is 909. The van der Waals surface area contributed by atoms with Crippen molar-refractivity contribution in [2.45, 2.75) is 36.5 Å². The molecule has 1 amide bonds. The fraction of sp³-hybridized carbons (Fsp3) is 0.316. The van der Waals surface area contributed by atoms with E-state index in [-0.39, 0.29) is 10.8 Å². The van der Waals surface area contributed by atoms with Crippen LogP contribution in [0, 0.1) is 0 Å². The molecule has 7 heteroatoms. The van der Waals surface area contributed by atoms with Crippen molar-refractivity contribution in [3.63, 3.8) is 0 Å². The molecule has 1 aliphatic heterocycles. The van der Waals surface area contributed by atoms with Crippen molar-refractivity contribution >= 4 is 39.1 Å². The fourth-order valence-electron chi connectivity index (χ4n) is 2.87. The van der Waals surface area contributed by atoms with Crippen LogP contribution in [-0.2, 0) is 21.2 Å². The summed E-state index contributed by atoms with van der Waals surface area (Å²) >= 11 is 1.65. The van der Waals surface area contributed by atoms with Crippen LogP contribution in [0.3, 0.4) is 0 Å². The highest BCUT2D eigenvalue weighted by atomic mass is 32.2. The zero-order chi connectivity index (χ0) is 18.7. The Morgan fingerprint density at radius 3 is 2.58 bits per heavy atom. The van der Waals surface area contributed by atoms with Gasteiger partial charge in [-0.3, -0.25) is 9.52 Å². The molecule has 1 N–H and O–H groups in total. The minimum absolute atomic E-state index is 0.0774. The maximum absolute atomic E-state index is 12.8. The molecule has 0 saturated carbocycles. The summed E-state index contributed by atoms with van der Waals surface area (Å²) in [6, 6.07) is 12.3. The Kier molecular flexibility index (Phi) is 5.58. The van der Waals surface area contributed by atoms with Crippen molar-refractivity contribution in [3.05, 3.63) is 48.0 Å². The molecule has 0 atom stereocenters. The molecule has 0 spiro atoms. The Morgan fingerprint density at radius 1 is 1.19 bits per heavy atom. The molecular weight excluding hydrogens is 368 g/mol. The van der Waals surface area contributed by atoms with E-state index in [4.69, 9.17) is 0 Å². The van der Waals surface area contributed by atoms with Gasteiger partial charge in [-0.05, 0) is 54.5 Å². The number of benzene rings is 2. The molecule has 1 aliphatic rings. The number of fused-ring (bicyclic) bond motifs is 1. The molecule has 2 aromatic rings. The standard InChI is InChI=1S/C19H22N2O3S2/c1-3-15-5-7-16(8-6-15)20-26(23,24)17-9-10-19-18(13-17)21(14(2)22)11-4-12-25-19/h5-10,13,20H,3-4,11-12H2,1-2H3. The third kappa shape index (κ3) is 4.04. The summed E-state index contributed by atoms with van der Waals surface area (Å²) in [5.41, 5.74) is 2.34. The Labute approximate surface area is 158 Å². The quantitative estimate of drug-likeness (QED) is 0.860. The van der Waals surface area contributed by atoms with Crippen molar-refractivity contribution in [3.8, 4) is 0 Å². The molecule has 2 aromatic carbocycles. The van der Waals surface area contributed by atoms with Gasteiger partial charge in [0.15, 0.2) is 0 Å². The minimum atomic E-state index is -3.72. The van der Waals surface area contributed by atoms with Crippen LogP contribution < -0.4 is 9.62 Å². The first-order valence-corrected chi connectivity index (χ1v) is 11.0. The largest absolute Gasteiger partial charge is 0.311 e. The molecule has 5 nitrogen and oxygen atoms in total. The maximum atomic E-state index is 12.8. The van der Waals surface area contributed by atoms with Crippen LogP contribution >= 0.6 is 11.8 Å². The smallest absolute Gasteiger partial charge is 0.261 e. The number of amides is 1. The first-order chi connectivity index (χ1) is 12.4. The van der Waals surface area contributed by atoms with Crippen LogP contribution in [0.15, 0.2) is 52.3 Å². The van der Waals surface area contributed by atoms with E-state index in [1.54, 1.807) is 47.0 Å². The summed E-state index contributed by atoms with van der Waals surface area (Å²) in [4.78, 5) is 14.7. The Morgan fingerprint density at radius 2 is 1.92 bits per heavy atom. The lowest BCUT2D eigenvalue weighted by Gasteiger charge is -2.21. The van der Waals surface area contributed by atoms with Crippen molar-refractivity contribution in [1.82, 2.24) is 0 Å². The van der Waals surface area contributed by atoms with Gasteiger partial charge in [0, 0.05) is 24.1 Å². The van der Waals surface area contributed by atoms with Crippen molar-refractivity contribution in [2.75, 3.05) is 21.9 Å². The van der Waals surface area contributed by atoms with E-state index in [0.29, 0.717) is 17.9 Å². The summed E-state index contributed by atoms with van der Waals surface area (Å²) in [6.45, 7) is 4.16. The molecule has 0 saturated heterocycles. The van der Waals surface area contributed by atoms with Crippen LogP contribution in [0.25, 0.3) is 0 Å². The lowest BCUT2D eigenvalue weighted by Crippen LogP contribution is -2.29. The number of carbonyl (C=O) groups excluding carboxylic acids is 1. The molecule has 138 valence electrons. The molecule has 0 bridgehead atoms. The van der Waals surface area contributed by atoms with E-state index in [1.165, 1.54) is 6.92 Å². The molecule has 26 heavy (non-hydrogen) atoms. The summed E-state index contributed by atoms with van der Waals surface area (Å²) in [6.07, 6.45) is 1.78. The number of aryl methyl sites for hydroxylation is 1. The number of sulfonamides is 1. The number of carbonyl (C=O) groups is 1. The van der Waals surface area contributed by atoms with Gasteiger partial charge in [-0.1, -0.05) is 19.1 Å². The zero-order valence-corrected chi connectivity index (χ0v) is 16.5. The number of thioether (sulfide) groups is 1. The van der Waals surface area contributed by atoms with E-state index in [2.05, 4.69) is 4.72 Å². The highest BCUT2D eigenvalue weighted by molar-refractivity contribution is 7.99. The minimum Gasteiger partial charge on any atom is -0.311 e. The number of rotatable bonds is 4. The normalized spacial score (nSPS) is 14.5. The van der Waals surface area contributed by atoms with E-state index in [0.717, 1.165) is 29.1 Å². The average Bonchev–Trinajstić information content (AvgIpc) is 2.84. The summed E-state index contributed by atoms with van der Waals surface area (Å²) in [5.74, 6) is 0.830. The fourth-order valence-corrected chi connectivity index (χ4v) is 4.93. The van der Waals surface area contributed by atoms with Gasteiger partial charge in [-0.2, -0.15) is 0 Å². The number of hydrogen-bond acceptors (Lipinski definition) is 4.